The average molecular weight is 199 g/mol. The van der Waals surface area contributed by atoms with Crippen LogP contribution < -0.4 is 0 Å². The van der Waals surface area contributed by atoms with Crippen LogP contribution in [0.25, 0.3) is 0 Å². The summed E-state index contributed by atoms with van der Waals surface area (Å²) in [7, 11) is 0. The summed E-state index contributed by atoms with van der Waals surface area (Å²) in [5.74, 6) is 0. The van der Waals surface area contributed by atoms with Crippen LogP contribution in [0.1, 0.15) is 0 Å². The molecule has 6 N–H and O–H groups in total. The molecule has 0 aliphatic carbocycles. The Morgan fingerprint density at radius 3 is 0.600 bits per heavy atom. The molecule has 0 aromatic carbocycles. The van der Waals surface area contributed by atoms with E-state index in [-0.39, 0.29) is 69.9 Å². The fourth-order valence-corrected chi connectivity index (χ4v) is 0. The molecule has 0 fully saturated rings. The van der Waals surface area contributed by atoms with Gasteiger partial charge in [-0.2, -0.15) is 0 Å². The molecule has 0 aromatic heterocycles. The van der Waals surface area contributed by atoms with Crippen LogP contribution in [0.15, 0.2) is 0 Å². The summed E-state index contributed by atoms with van der Waals surface area (Å²) in [6, 6.07) is 0. The van der Waals surface area contributed by atoms with Crippen molar-refractivity contribution in [2.45, 2.75) is 0 Å². The molecular formula is H9NaO3Sn. The van der Waals surface area contributed by atoms with Crippen LogP contribution in [-0.4, -0.2) is 69.9 Å². The van der Waals surface area contributed by atoms with Gasteiger partial charge in [0.05, 0.1) is 0 Å². The summed E-state index contributed by atoms with van der Waals surface area (Å²) in [6.07, 6.45) is 0. The van der Waals surface area contributed by atoms with E-state index in [2.05, 4.69) is 0 Å². The van der Waals surface area contributed by atoms with E-state index in [9.17, 15) is 0 Å². The zero-order valence-corrected chi connectivity index (χ0v) is 6.24. The molecule has 0 aliphatic rings. The monoisotopic (exact) mass is 200 g/mol. The van der Waals surface area contributed by atoms with Crippen LogP contribution >= 0.6 is 0 Å². The molecule has 0 rings (SSSR count). The molecule has 3 nitrogen and oxygen atoms in total. The second-order valence-corrected chi connectivity index (χ2v) is 0. The Morgan fingerprint density at radius 1 is 0.600 bits per heavy atom. The van der Waals surface area contributed by atoms with Crippen molar-refractivity contribution in [1.82, 2.24) is 0 Å². The van der Waals surface area contributed by atoms with Crippen molar-refractivity contribution < 1.29 is 16.4 Å². The number of hydrogen-bond acceptors (Lipinski definition) is 0. The normalized spacial score (nSPS) is 0. The molecule has 0 heterocycles. The van der Waals surface area contributed by atoms with Gasteiger partial charge >= 0.3 is 53.5 Å². The first-order valence-corrected chi connectivity index (χ1v) is 0. The predicted octanol–water partition coefficient (Wildman–Crippen LogP) is -4.04. The van der Waals surface area contributed by atoms with Crippen LogP contribution in [0.5, 0.6) is 0 Å². The van der Waals surface area contributed by atoms with Gasteiger partial charge in [0.2, 0.25) is 0 Å². The summed E-state index contributed by atoms with van der Waals surface area (Å²) in [5.41, 5.74) is 0. The second kappa shape index (κ2) is 44.1. The van der Waals surface area contributed by atoms with E-state index in [0.29, 0.717) is 0 Å². The first-order chi connectivity index (χ1) is 0. The van der Waals surface area contributed by atoms with E-state index < -0.39 is 0 Å². The van der Waals surface area contributed by atoms with Gasteiger partial charge in [-0.3, -0.25) is 0 Å². The molecule has 0 atom stereocenters. The maximum atomic E-state index is 0. The van der Waals surface area contributed by atoms with Crippen molar-refractivity contribution in [3.63, 3.8) is 0 Å². The fraction of sp³-hybridized carbons (Fsp3) is 0. The minimum atomic E-state index is 0. The molecule has 0 amide bonds. The maximum absolute atomic E-state index is 0. The van der Waals surface area contributed by atoms with Gasteiger partial charge < -0.3 is 16.4 Å². The van der Waals surface area contributed by atoms with E-state index in [1.165, 1.54) is 0 Å². The van der Waals surface area contributed by atoms with Crippen molar-refractivity contribution in [2.24, 2.45) is 0 Å². The van der Waals surface area contributed by atoms with Gasteiger partial charge in [0.15, 0.2) is 0 Å². The van der Waals surface area contributed by atoms with Crippen LogP contribution in [0.2, 0.25) is 0 Å². The van der Waals surface area contributed by atoms with Crippen molar-refractivity contribution in [1.29, 1.82) is 0 Å². The van der Waals surface area contributed by atoms with Crippen LogP contribution in [-0.2, 0) is 0 Å². The molecular weight excluding hydrogens is 190 g/mol. The van der Waals surface area contributed by atoms with Crippen molar-refractivity contribution in [3.8, 4) is 0 Å². The Hall–Kier alpha value is 1.68. The van der Waals surface area contributed by atoms with Gasteiger partial charge in [0.25, 0.3) is 0 Å². The van der Waals surface area contributed by atoms with Gasteiger partial charge in [-0.05, 0) is 0 Å². The summed E-state index contributed by atoms with van der Waals surface area (Å²) in [6.45, 7) is 0. The predicted molar refractivity (Wildman–Crippen MR) is 26.5 cm³/mol. The van der Waals surface area contributed by atoms with Gasteiger partial charge in [-0.15, -0.1) is 0 Å². The van der Waals surface area contributed by atoms with E-state index in [1.807, 2.05) is 0 Å². The molecule has 5 heavy (non-hydrogen) atoms. The summed E-state index contributed by atoms with van der Waals surface area (Å²) >= 11 is 0. The zero-order chi connectivity index (χ0) is 0. The Balaban J connectivity index is 0. The quantitative estimate of drug-likeness (QED) is 0.355. The van der Waals surface area contributed by atoms with Gasteiger partial charge in [0.1, 0.15) is 0 Å². The molecule has 0 aromatic rings. The molecule has 0 unspecified atom stereocenters. The molecule has 0 spiro atoms. The van der Waals surface area contributed by atoms with Crippen LogP contribution in [0, 0.1) is 0 Å². The van der Waals surface area contributed by atoms with Gasteiger partial charge in [0, 0.05) is 0 Å². The molecule has 0 aliphatic heterocycles. The van der Waals surface area contributed by atoms with E-state index in [4.69, 9.17) is 0 Å². The molecule has 0 saturated heterocycles. The van der Waals surface area contributed by atoms with E-state index in [1.54, 1.807) is 0 Å². The van der Waals surface area contributed by atoms with Gasteiger partial charge in [-0.25, -0.2) is 0 Å². The Kier molecular flexibility index (Phi) is 674. The van der Waals surface area contributed by atoms with Crippen molar-refractivity contribution >= 4 is 53.5 Å². The van der Waals surface area contributed by atoms with Crippen LogP contribution in [0.4, 0.5) is 0 Å². The van der Waals surface area contributed by atoms with Crippen LogP contribution in [0.3, 0.4) is 0 Å². The molecule has 2 radical (unpaired) electrons. The van der Waals surface area contributed by atoms with Crippen molar-refractivity contribution in [3.05, 3.63) is 0 Å². The number of rotatable bonds is 0. The SMILES string of the molecule is O.O.O.[NaH].[SnH2]. The summed E-state index contributed by atoms with van der Waals surface area (Å²) < 4.78 is 0. The Morgan fingerprint density at radius 2 is 0.600 bits per heavy atom. The first kappa shape index (κ1) is 76.4. The first-order valence-electron chi connectivity index (χ1n) is 0. The third-order valence-corrected chi connectivity index (χ3v) is 0. The van der Waals surface area contributed by atoms with Crippen molar-refractivity contribution in [2.75, 3.05) is 0 Å². The topological polar surface area (TPSA) is 94.5 Å². The van der Waals surface area contributed by atoms with E-state index >= 15 is 0 Å². The Labute approximate surface area is 69.3 Å². The molecule has 32 valence electrons. The Bertz CT molecular complexity index is 6.85. The number of hydrogen-bond donors (Lipinski definition) is 0. The standard InChI is InChI=1S/Na.3H2O.Sn.3H/h;3*1H2;;;;. The van der Waals surface area contributed by atoms with Gasteiger partial charge in [-0.1, -0.05) is 0 Å². The fourth-order valence-electron chi connectivity index (χ4n) is 0. The summed E-state index contributed by atoms with van der Waals surface area (Å²) in [4.78, 5) is 0. The second-order valence-electron chi connectivity index (χ2n) is 0. The molecule has 0 saturated carbocycles. The third kappa shape index (κ3) is 27.3. The average Bonchev–Trinajstić information content (AvgIpc) is 0. The molecule has 5 heteroatoms. The minimum absolute atomic E-state index is 0. The zero-order valence-electron chi connectivity index (χ0n) is 2.21. The molecule has 0 bridgehead atoms. The summed E-state index contributed by atoms with van der Waals surface area (Å²) in [5, 5.41) is 0. The third-order valence-electron chi connectivity index (χ3n) is 0. The van der Waals surface area contributed by atoms with E-state index in [0.717, 1.165) is 0 Å².